The number of carbonyl (C=O) groups excluding carboxylic acids is 1. The van der Waals surface area contributed by atoms with E-state index in [1.165, 1.54) is 0 Å². The molecule has 0 amide bonds. The molecule has 0 radical (unpaired) electrons. The number of hydrogen-bond donors (Lipinski definition) is 1. The molecule has 0 unspecified atom stereocenters. The van der Waals surface area contributed by atoms with E-state index in [9.17, 15) is 9.59 Å². The second kappa shape index (κ2) is 7.49. The molecule has 7 nitrogen and oxygen atoms in total. The van der Waals surface area contributed by atoms with Crippen LogP contribution in [0.2, 0.25) is 0 Å². The molecule has 0 aliphatic carbocycles. The summed E-state index contributed by atoms with van der Waals surface area (Å²) in [6, 6.07) is 15.5. The Morgan fingerprint density at radius 1 is 1.23 bits per heavy atom. The Bertz CT molecular complexity index is 1050. The summed E-state index contributed by atoms with van der Waals surface area (Å²) in [5.41, 5.74) is 0.551. The number of benzene rings is 2. The average Bonchev–Trinajstić information content (AvgIpc) is 2.66. The molecule has 3 aromatic rings. The van der Waals surface area contributed by atoms with Crippen molar-refractivity contribution in [2.75, 3.05) is 6.61 Å². The number of para-hydroxylation sites is 2. The minimum atomic E-state index is -0.755. The SMILES string of the molecule is C[C@H](OC(=O)COc1ccccc1C#N)c1nc2ccccc2c(=O)[nH]1. The Balaban J connectivity index is 1.68. The highest BCUT2D eigenvalue weighted by atomic mass is 16.6. The summed E-state index contributed by atoms with van der Waals surface area (Å²) in [6.07, 6.45) is -0.755. The first-order chi connectivity index (χ1) is 12.6. The first-order valence-electron chi connectivity index (χ1n) is 7.89. The summed E-state index contributed by atoms with van der Waals surface area (Å²) in [6.45, 7) is 1.25. The van der Waals surface area contributed by atoms with Crippen LogP contribution in [0.25, 0.3) is 10.9 Å². The molecule has 7 heteroatoms. The zero-order valence-electron chi connectivity index (χ0n) is 13.9. The Morgan fingerprint density at radius 2 is 1.96 bits per heavy atom. The van der Waals surface area contributed by atoms with Crippen molar-refractivity contribution in [1.29, 1.82) is 5.26 Å². The van der Waals surface area contributed by atoms with Crippen LogP contribution in [0.15, 0.2) is 53.3 Å². The molecule has 0 bridgehead atoms. The van der Waals surface area contributed by atoms with Crippen LogP contribution in [-0.4, -0.2) is 22.5 Å². The van der Waals surface area contributed by atoms with Crippen molar-refractivity contribution >= 4 is 16.9 Å². The predicted octanol–water partition coefficient (Wildman–Crippen LogP) is 2.48. The molecule has 26 heavy (non-hydrogen) atoms. The molecule has 3 rings (SSSR count). The first-order valence-corrected chi connectivity index (χ1v) is 7.89. The average molecular weight is 349 g/mol. The molecule has 1 heterocycles. The number of ether oxygens (including phenoxy) is 2. The van der Waals surface area contributed by atoms with Gasteiger partial charge in [0.2, 0.25) is 0 Å². The van der Waals surface area contributed by atoms with E-state index in [0.717, 1.165) is 0 Å². The van der Waals surface area contributed by atoms with E-state index in [1.54, 1.807) is 55.5 Å². The van der Waals surface area contributed by atoms with Crippen molar-refractivity contribution in [3.63, 3.8) is 0 Å². The van der Waals surface area contributed by atoms with E-state index >= 15 is 0 Å². The number of H-pyrrole nitrogens is 1. The van der Waals surface area contributed by atoms with Crippen molar-refractivity contribution in [2.45, 2.75) is 13.0 Å². The Kier molecular flexibility index (Phi) is 4.94. The smallest absolute Gasteiger partial charge is 0.344 e. The summed E-state index contributed by atoms with van der Waals surface area (Å²) >= 11 is 0. The van der Waals surface area contributed by atoms with Crippen molar-refractivity contribution in [2.24, 2.45) is 0 Å². The first kappa shape index (κ1) is 17.2. The monoisotopic (exact) mass is 349 g/mol. The highest BCUT2D eigenvalue weighted by molar-refractivity contribution is 5.77. The van der Waals surface area contributed by atoms with Gasteiger partial charge < -0.3 is 14.5 Å². The fourth-order valence-corrected chi connectivity index (χ4v) is 2.41. The minimum Gasteiger partial charge on any atom is -0.481 e. The fraction of sp³-hybridized carbons (Fsp3) is 0.158. The fourth-order valence-electron chi connectivity index (χ4n) is 2.41. The van der Waals surface area contributed by atoms with E-state index in [1.807, 2.05) is 6.07 Å². The van der Waals surface area contributed by atoms with E-state index in [2.05, 4.69) is 9.97 Å². The normalized spacial score (nSPS) is 11.5. The molecule has 0 saturated carbocycles. The van der Waals surface area contributed by atoms with Crippen LogP contribution in [0.1, 0.15) is 24.4 Å². The third kappa shape index (κ3) is 3.70. The predicted molar refractivity (Wildman–Crippen MR) is 93.5 cm³/mol. The molecule has 0 fully saturated rings. The zero-order valence-corrected chi connectivity index (χ0v) is 13.9. The zero-order chi connectivity index (χ0) is 18.5. The van der Waals surface area contributed by atoms with Gasteiger partial charge in [0.1, 0.15) is 11.8 Å². The minimum absolute atomic E-state index is 0.250. The number of nitrogens with one attached hydrogen (secondary N) is 1. The molecule has 0 aliphatic rings. The molecule has 2 aromatic carbocycles. The van der Waals surface area contributed by atoms with Gasteiger partial charge in [-0.3, -0.25) is 4.79 Å². The van der Waals surface area contributed by atoms with Gasteiger partial charge in [-0.05, 0) is 31.2 Å². The van der Waals surface area contributed by atoms with Crippen LogP contribution in [0.4, 0.5) is 0 Å². The maximum atomic E-state index is 12.1. The topological polar surface area (TPSA) is 105 Å². The number of esters is 1. The van der Waals surface area contributed by atoms with Gasteiger partial charge in [0.15, 0.2) is 18.5 Å². The van der Waals surface area contributed by atoms with Crippen LogP contribution in [-0.2, 0) is 9.53 Å². The van der Waals surface area contributed by atoms with Gasteiger partial charge in [-0.1, -0.05) is 24.3 Å². The third-order valence-corrected chi connectivity index (χ3v) is 3.68. The number of rotatable bonds is 5. The van der Waals surface area contributed by atoms with Crippen molar-refractivity contribution < 1.29 is 14.3 Å². The molecule has 1 aromatic heterocycles. The number of aromatic amines is 1. The molecule has 130 valence electrons. The summed E-state index contributed by atoms with van der Waals surface area (Å²) in [7, 11) is 0. The van der Waals surface area contributed by atoms with Gasteiger partial charge in [0.25, 0.3) is 5.56 Å². The number of carbonyl (C=O) groups is 1. The summed E-state index contributed by atoms with van der Waals surface area (Å²) < 4.78 is 10.6. The quantitative estimate of drug-likeness (QED) is 0.710. The van der Waals surface area contributed by atoms with E-state index in [4.69, 9.17) is 14.7 Å². The van der Waals surface area contributed by atoms with Gasteiger partial charge in [-0.2, -0.15) is 5.26 Å². The lowest BCUT2D eigenvalue weighted by atomic mass is 10.2. The van der Waals surface area contributed by atoms with E-state index < -0.39 is 12.1 Å². The highest BCUT2D eigenvalue weighted by Crippen LogP contribution is 2.18. The maximum absolute atomic E-state index is 12.1. The van der Waals surface area contributed by atoms with Gasteiger partial charge in [-0.15, -0.1) is 0 Å². The lowest BCUT2D eigenvalue weighted by Gasteiger charge is -2.13. The highest BCUT2D eigenvalue weighted by Gasteiger charge is 2.16. The third-order valence-electron chi connectivity index (χ3n) is 3.68. The largest absolute Gasteiger partial charge is 0.481 e. The summed E-state index contributed by atoms with van der Waals surface area (Å²) in [5, 5.41) is 9.47. The van der Waals surface area contributed by atoms with Crippen LogP contribution in [0, 0.1) is 11.3 Å². The second-order valence-corrected chi connectivity index (χ2v) is 5.50. The Hall–Kier alpha value is -3.66. The van der Waals surface area contributed by atoms with Gasteiger partial charge in [0, 0.05) is 0 Å². The second-order valence-electron chi connectivity index (χ2n) is 5.50. The van der Waals surface area contributed by atoms with Crippen LogP contribution in [0.5, 0.6) is 5.75 Å². The lowest BCUT2D eigenvalue weighted by molar-refractivity contribution is -0.151. The van der Waals surface area contributed by atoms with Crippen LogP contribution in [0.3, 0.4) is 0 Å². The molecular formula is C19H15N3O4. The van der Waals surface area contributed by atoms with Crippen LogP contribution >= 0.6 is 0 Å². The van der Waals surface area contributed by atoms with E-state index in [-0.39, 0.29) is 18.0 Å². The van der Waals surface area contributed by atoms with Gasteiger partial charge >= 0.3 is 5.97 Å². The number of hydrogen-bond acceptors (Lipinski definition) is 6. The van der Waals surface area contributed by atoms with Crippen molar-refractivity contribution in [3.05, 3.63) is 70.3 Å². The molecule has 1 N–H and O–H groups in total. The van der Waals surface area contributed by atoms with Crippen molar-refractivity contribution in [1.82, 2.24) is 9.97 Å². The molecule has 0 aliphatic heterocycles. The van der Waals surface area contributed by atoms with Crippen molar-refractivity contribution in [3.8, 4) is 11.8 Å². The number of nitrogens with zero attached hydrogens (tertiary/aromatic N) is 2. The maximum Gasteiger partial charge on any atom is 0.344 e. The Labute approximate surface area is 148 Å². The number of fused-ring (bicyclic) bond motifs is 1. The number of aromatic nitrogens is 2. The summed E-state index contributed by atoms with van der Waals surface area (Å²) in [4.78, 5) is 31.0. The lowest BCUT2D eigenvalue weighted by Crippen LogP contribution is -2.20. The van der Waals surface area contributed by atoms with Crippen LogP contribution < -0.4 is 10.3 Å². The number of nitriles is 1. The molecule has 1 atom stereocenters. The molecular weight excluding hydrogens is 334 g/mol. The van der Waals surface area contributed by atoms with E-state index in [0.29, 0.717) is 22.2 Å². The summed E-state index contributed by atoms with van der Waals surface area (Å²) in [5.74, 6) is -0.0858. The Morgan fingerprint density at radius 3 is 2.77 bits per heavy atom. The van der Waals surface area contributed by atoms with Gasteiger partial charge in [-0.25, -0.2) is 9.78 Å². The standard InChI is InChI=1S/C19H15N3O4/c1-12(18-21-15-8-4-3-7-14(15)19(24)22-18)26-17(23)11-25-16-9-5-2-6-13(16)10-20/h2-9,12H,11H2,1H3,(H,21,22,24)/t12-/m0/s1. The molecule has 0 saturated heterocycles. The molecule has 0 spiro atoms. The van der Waals surface area contributed by atoms with Gasteiger partial charge in [0.05, 0.1) is 16.5 Å².